The first-order chi connectivity index (χ1) is 17.0. The molecule has 210 valence electrons. The maximum atomic E-state index is 12.3. The second kappa shape index (κ2) is 25.1. The SMILES string of the molecule is CCCCCCCCCCCCCCC[C@@](C)(O)[C@H](CO)NC(=O)CCCCCCCCCCC. The Morgan fingerprint density at radius 1 is 0.629 bits per heavy atom. The smallest absolute Gasteiger partial charge is 0.220 e. The van der Waals surface area contributed by atoms with E-state index in [1.165, 1.54) is 116 Å². The maximum absolute atomic E-state index is 12.3. The standard InChI is InChI=1S/C31H63NO3/c1-4-6-8-10-12-14-15-16-17-19-21-23-25-27-31(3,35)29(28-33)32-30(34)26-24-22-20-18-13-11-9-7-5-2/h29,33,35H,4-28H2,1-3H3,(H,32,34)/t29-,31+/m0/s1. The van der Waals surface area contributed by atoms with E-state index in [-0.39, 0.29) is 12.5 Å². The Morgan fingerprint density at radius 3 is 1.34 bits per heavy atom. The van der Waals surface area contributed by atoms with Gasteiger partial charge in [-0.1, -0.05) is 149 Å². The van der Waals surface area contributed by atoms with Crippen molar-refractivity contribution in [1.82, 2.24) is 5.32 Å². The average Bonchev–Trinajstić information content (AvgIpc) is 2.84. The molecule has 0 radical (unpaired) electrons. The molecular weight excluding hydrogens is 434 g/mol. The van der Waals surface area contributed by atoms with Crippen molar-refractivity contribution in [2.45, 2.75) is 187 Å². The number of aliphatic hydroxyl groups excluding tert-OH is 1. The highest BCUT2D eigenvalue weighted by atomic mass is 16.3. The number of amides is 1. The Balaban J connectivity index is 3.75. The molecule has 1 amide bonds. The van der Waals surface area contributed by atoms with Gasteiger partial charge in [0.2, 0.25) is 5.91 Å². The van der Waals surface area contributed by atoms with E-state index in [9.17, 15) is 15.0 Å². The Kier molecular flexibility index (Phi) is 24.6. The van der Waals surface area contributed by atoms with Gasteiger partial charge in [-0.25, -0.2) is 0 Å². The fraction of sp³-hybridized carbons (Fsp3) is 0.968. The molecule has 0 rings (SSSR count). The molecule has 0 aromatic rings. The molecule has 0 aliphatic carbocycles. The van der Waals surface area contributed by atoms with Gasteiger partial charge in [0.15, 0.2) is 0 Å². The quantitative estimate of drug-likeness (QED) is 0.0995. The van der Waals surface area contributed by atoms with Crippen molar-refractivity contribution in [3.05, 3.63) is 0 Å². The summed E-state index contributed by atoms with van der Waals surface area (Å²) >= 11 is 0. The van der Waals surface area contributed by atoms with Crippen LogP contribution >= 0.6 is 0 Å². The first-order valence-corrected chi connectivity index (χ1v) is 15.6. The summed E-state index contributed by atoms with van der Waals surface area (Å²) in [5, 5.41) is 23.5. The maximum Gasteiger partial charge on any atom is 0.220 e. The molecule has 0 saturated heterocycles. The van der Waals surface area contributed by atoms with Crippen LogP contribution in [0, 0.1) is 0 Å². The summed E-state index contributed by atoms with van der Waals surface area (Å²) in [5.74, 6) is -0.0439. The molecule has 0 aliphatic rings. The molecule has 4 heteroatoms. The first-order valence-electron chi connectivity index (χ1n) is 15.6. The second-order valence-electron chi connectivity index (χ2n) is 11.2. The summed E-state index contributed by atoms with van der Waals surface area (Å²) < 4.78 is 0. The molecule has 4 nitrogen and oxygen atoms in total. The van der Waals surface area contributed by atoms with Gasteiger partial charge in [0.1, 0.15) is 0 Å². The molecule has 0 fully saturated rings. The summed E-state index contributed by atoms with van der Waals surface area (Å²) in [6.07, 6.45) is 29.0. The Morgan fingerprint density at radius 2 is 0.971 bits per heavy atom. The molecule has 0 unspecified atom stereocenters. The van der Waals surface area contributed by atoms with Gasteiger partial charge in [-0.3, -0.25) is 4.79 Å². The zero-order valence-electron chi connectivity index (χ0n) is 24.1. The molecule has 2 atom stereocenters. The number of carbonyl (C=O) groups excluding carboxylic acids is 1. The van der Waals surface area contributed by atoms with Crippen LogP contribution in [0.15, 0.2) is 0 Å². The van der Waals surface area contributed by atoms with Gasteiger partial charge in [0.05, 0.1) is 18.2 Å². The predicted octanol–water partition coefficient (Wildman–Crippen LogP) is 8.62. The third-order valence-electron chi connectivity index (χ3n) is 7.56. The summed E-state index contributed by atoms with van der Waals surface area (Å²) in [5.41, 5.74) is -1.05. The second-order valence-corrected chi connectivity index (χ2v) is 11.2. The third-order valence-corrected chi connectivity index (χ3v) is 7.56. The lowest BCUT2D eigenvalue weighted by molar-refractivity contribution is -0.125. The highest BCUT2D eigenvalue weighted by molar-refractivity contribution is 5.76. The van der Waals surface area contributed by atoms with E-state index in [2.05, 4.69) is 19.2 Å². The van der Waals surface area contributed by atoms with E-state index in [1.54, 1.807) is 6.92 Å². The van der Waals surface area contributed by atoms with Crippen molar-refractivity contribution in [1.29, 1.82) is 0 Å². The van der Waals surface area contributed by atoms with Gasteiger partial charge >= 0.3 is 0 Å². The summed E-state index contributed by atoms with van der Waals surface area (Å²) in [6, 6.07) is -0.578. The van der Waals surface area contributed by atoms with Crippen LogP contribution in [0.2, 0.25) is 0 Å². The highest BCUT2D eigenvalue weighted by Gasteiger charge is 2.31. The molecule has 35 heavy (non-hydrogen) atoms. The molecule has 0 aromatic carbocycles. The lowest BCUT2D eigenvalue weighted by Gasteiger charge is -2.32. The monoisotopic (exact) mass is 497 g/mol. The number of nitrogens with one attached hydrogen (secondary N) is 1. The summed E-state index contributed by atoms with van der Waals surface area (Å²) in [7, 11) is 0. The van der Waals surface area contributed by atoms with E-state index in [1.807, 2.05) is 0 Å². The van der Waals surface area contributed by atoms with Crippen LogP contribution in [-0.2, 0) is 4.79 Å². The normalized spacial score (nSPS) is 14.1. The molecule has 0 saturated carbocycles. The molecular formula is C31H63NO3. The highest BCUT2D eigenvalue weighted by Crippen LogP contribution is 2.21. The van der Waals surface area contributed by atoms with Crippen molar-refractivity contribution < 1.29 is 15.0 Å². The largest absolute Gasteiger partial charge is 0.394 e. The number of aliphatic hydroxyl groups is 2. The van der Waals surface area contributed by atoms with E-state index in [4.69, 9.17) is 0 Å². The molecule has 3 N–H and O–H groups in total. The van der Waals surface area contributed by atoms with Crippen molar-refractivity contribution >= 4 is 5.91 Å². The van der Waals surface area contributed by atoms with Crippen LogP contribution in [-0.4, -0.2) is 34.4 Å². The summed E-state index contributed by atoms with van der Waals surface area (Å²) in [4.78, 5) is 12.3. The van der Waals surface area contributed by atoms with Gasteiger partial charge in [-0.2, -0.15) is 0 Å². The van der Waals surface area contributed by atoms with Crippen molar-refractivity contribution in [2.24, 2.45) is 0 Å². The third kappa shape index (κ3) is 22.3. The van der Waals surface area contributed by atoms with Crippen LogP contribution < -0.4 is 5.32 Å². The number of carbonyl (C=O) groups is 1. The van der Waals surface area contributed by atoms with E-state index in [0.717, 1.165) is 25.7 Å². The lowest BCUT2D eigenvalue weighted by Crippen LogP contribution is -2.53. The van der Waals surface area contributed by atoms with Gasteiger partial charge in [0.25, 0.3) is 0 Å². The van der Waals surface area contributed by atoms with Crippen LogP contribution in [0.4, 0.5) is 0 Å². The first kappa shape index (κ1) is 34.4. The van der Waals surface area contributed by atoms with E-state index >= 15 is 0 Å². The van der Waals surface area contributed by atoms with Gasteiger partial charge in [0, 0.05) is 6.42 Å². The molecule has 0 aliphatic heterocycles. The fourth-order valence-corrected chi connectivity index (χ4v) is 4.94. The van der Waals surface area contributed by atoms with Crippen LogP contribution in [0.25, 0.3) is 0 Å². The Labute approximate surface area is 219 Å². The zero-order valence-corrected chi connectivity index (χ0v) is 24.1. The summed E-state index contributed by atoms with van der Waals surface area (Å²) in [6.45, 7) is 6.05. The van der Waals surface area contributed by atoms with Crippen LogP contribution in [0.3, 0.4) is 0 Å². The van der Waals surface area contributed by atoms with Crippen molar-refractivity contribution in [3.63, 3.8) is 0 Å². The Hall–Kier alpha value is -0.610. The Bertz CT molecular complexity index is 453. The van der Waals surface area contributed by atoms with Crippen LogP contribution in [0.1, 0.15) is 175 Å². The zero-order chi connectivity index (χ0) is 26.0. The number of unbranched alkanes of at least 4 members (excludes halogenated alkanes) is 20. The minimum absolute atomic E-state index is 0.0439. The number of hydrogen-bond donors (Lipinski definition) is 3. The average molecular weight is 498 g/mol. The van der Waals surface area contributed by atoms with Crippen molar-refractivity contribution in [2.75, 3.05) is 6.61 Å². The predicted molar refractivity (Wildman–Crippen MR) is 152 cm³/mol. The number of rotatable bonds is 27. The van der Waals surface area contributed by atoms with Gasteiger partial charge in [-0.05, 0) is 19.8 Å². The number of hydrogen-bond acceptors (Lipinski definition) is 3. The topological polar surface area (TPSA) is 69.6 Å². The van der Waals surface area contributed by atoms with Gasteiger partial charge in [-0.15, -0.1) is 0 Å². The minimum Gasteiger partial charge on any atom is -0.394 e. The molecule has 0 spiro atoms. The van der Waals surface area contributed by atoms with E-state index in [0.29, 0.717) is 12.8 Å². The van der Waals surface area contributed by atoms with E-state index < -0.39 is 11.6 Å². The molecule has 0 bridgehead atoms. The van der Waals surface area contributed by atoms with Gasteiger partial charge < -0.3 is 15.5 Å². The van der Waals surface area contributed by atoms with Crippen molar-refractivity contribution in [3.8, 4) is 0 Å². The minimum atomic E-state index is -1.05. The lowest BCUT2D eigenvalue weighted by atomic mass is 9.90. The fourth-order valence-electron chi connectivity index (χ4n) is 4.94. The molecule has 0 heterocycles. The molecule has 0 aromatic heterocycles. The van der Waals surface area contributed by atoms with Crippen LogP contribution in [0.5, 0.6) is 0 Å².